The van der Waals surface area contributed by atoms with E-state index < -0.39 is 5.41 Å². The van der Waals surface area contributed by atoms with E-state index in [0.717, 1.165) is 0 Å². The van der Waals surface area contributed by atoms with Crippen molar-refractivity contribution in [2.24, 2.45) is 0 Å². The molecule has 0 aromatic heterocycles. The highest BCUT2D eigenvalue weighted by atomic mass is 14.5. The van der Waals surface area contributed by atoms with Crippen molar-refractivity contribution in [1.29, 1.82) is 0 Å². The molecular weight excluding hydrogens is 805 g/mol. The SMILES string of the molecule is c1ccc(C2(c3ccc4ccc5cccc6ccc3c4c56)c3cc(-c4ccc5ccc6cccc7ccc4c5c67)ccc3-c3ccc(-c4ccc5ccc6cccc7ccc4c5c67)cc32)cc1. The summed E-state index contributed by atoms with van der Waals surface area (Å²) in [7, 11) is 0. The summed E-state index contributed by atoms with van der Waals surface area (Å²) in [6.45, 7) is 0. The largest absolute Gasteiger partial charge is 0.0719 e. The fraction of sp³-hybridized carbons (Fsp3) is 0.0149. The summed E-state index contributed by atoms with van der Waals surface area (Å²) >= 11 is 0. The molecule has 0 saturated carbocycles. The van der Waals surface area contributed by atoms with E-state index in [0.29, 0.717) is 0 Å². The smallest absolute Gasteiger partial charge is 0.0622 e. The molecule has 16 rings (SSSR count). The summed E-state index contributed by atoms with van der Waals surface area (Å²) in [5.74, 6) is 0. The molecule has 0 aliphatic heterocycles. The van der Waals surface area contributed by atoms with Crippen LogP contribution in [0.5, 0.6) is 0 Å². The fourth-order valence-corrected chi connectivity index (χ4v) is 13.1. The van der Waals surface area contributed by atoms with Gasteiger partial charge in [-0.1, -0.05) is 218 Å². The van der Waals surface area contributed by atoms with Crippen molar-refractivity contribution < 1.29 is 0 Å². The van der Waals surface area contributed by atoms with Crippen molar-refractivity contribution in [1.82, 2.24) is 0 Å². The Balaban J connectivity index is 1.03. The maximum absolute atomic E-state index is 2.56. The maximum Gasteiger partial charge on any atom is 0.0719 e. The van der Waals surface area contributed by atoms with Gasteiger partial charge in [-0.05, 0) is 165 Å². The lowest BCUT2D eigenvalue weighted by Gasteiger charge is -2.36. The molecule has 15 aromatic carbocycles. The van der Waals surface area contributed by atoms with Gasteiger partial charge < -0.3 is 0 Å². The summed E-state index contributed by atoms with van der Waals surface area (Å²) in [5.41, 5.74) is 12.1. The van der Waals surface area contributed by atoms with E-state index in [1.807, 2.05) is 0 Å². The van der Waals surface area contributed by atoms with Gasteiger partial charge in [0.15, 0.2) is 0 Å². The highest BCUT2D eigenvalue weighted by Gasteiger charge is 2.47. The van der Waals surface area contributed by atoms with Crippen molar-refractivity contribution in [3.05, 3.63) is 253 Å². The molecule has 15 aromatic rings. The van der Waals surface area contributed by atoms with Crippen LogP contribution in [0, 0.1) is 0 Å². The summed E-state index contributed by atoms with van der Waals surface area (Å²) in [6, 6.07) is 88.3. The molecule has 67 heavy (non-hydrogen) atoms. The normalized spacial score (nSPS) is 13.5. The third-order valence-electron chi connectivity index (χ3n) is 16.0. The topological polar surface area (TPSA) is 0 Å². The standard InChI is InChI=1S/C67H38/c1-2-13-50(14-3-1)67(58-36-28-47-20-17-41-9-6-12-44-25-35-57(58)66(47)63(41)44)59-37-48(51-29-21-45-18-15-39-7-4-10-42-23-33-55(51)64(45)61(39)42)26-31-53(59)54-32-27-49(38-60(54)67)52-30-22-46-19-16-40-8-5-11-43-24-34-56(52)65(46)62(40)43/h1-38H. The van der Waals surface area contributed by atoms with Gasteiger partial charge >= 0.3 is 0 Å². The zero-order chi connectivity index (χ0) is 43.5. The van der Waals surface area contributed by atoms with Crippen LogP contribution in [0.3, 0.4) is 0 Å². The monoisotopic (exact) mass is 842 g/mol. The van der Waals surface area contributed by atoms with Crippen molar-refractivity contribution >= 4 is 97.0 Å². The number of benzene rings is 15. The second-order valence-corrected chi connectivity index (χ2v) is 19.0. The Hall–Kier alpha value is -8.58. The Bertz CT molecular complexity index is 4310. The highest BCUT2D eigenvalue weighted by Crippen LogP contribution is 2.60. The van der Waals surface area contributed by atoms with Gasteiger partial charge in [0.2, 0.25) is 0 Å². The van der Waals surface area contributed by atoms with Gasteiger partial charge in [-0.3, -0.25) is 0 Å². The third kappa shape index (κ3) is 4.57. The van der Waals surface area contributed by atoms with Gasteiger partial charge in [0.05, 0.1) is 5.41 Å². The summed E-state index contributed by atoms with van der Waals surface area (Å²) in [5, 5.41) is 23.5. The van der Waals surface area contributed by atoms with Crippen LogP contribution < -0.4 is 0 Å². The molecule has 0 atom stereocenters. The lowest BCUT2D eigenvalue weighted by Crippen LogP contribution is -2.29. The van der Waals surface area contributed by atoms with Crippen LogP contribution >= 0.6 is 0 Å². The number of hydrogen-bond donors (Lipinski definition) is 0. The van der Waals surface area contributed by atoms with Gasteiger partial charge in [-0.15, -0.1) is 0 Å². The molecule has 0 bridgehead atoms. The molecule has 0 nitrogen and oxygen atoms in total. The van der Waals surface area contributed by atoms with Crippen LogP contribution in [-0.2, 0) is 5.41 Å². The lowest BCUT2D eigenvalue weighted by atomic mass is 9.65. The molecule has 0 fully saturated rings. The van der Waals surface area contributed by atoms with E-state index >= 15 is 0 Å². The first-order valence-corrected chi connectivity index (χ1v) is 23.6. The molecule has 0 heterocycles. The quantitative estimate of drug-likeness (QED) is 0.155. The fourth-order valence-electron chi connectivity index (χ4n) is 13.1. The van der Waals surface area contributed by atoms with E-state index in [9.17, 15) is 0 Å². The minimum Gasteiger partial charge on any atom is -0.0622 e. The van der Waals surface area contributed by atoms with Crippen molar-refractivity contribution in [3.63, 3.8) is 0 Å². The van der Waals surface area contributed by atoms with Crippen LogP contribution in [0.2, 0.25) is 0 Å². The average Bonchev–Trinajstić information content (AvgIpc) is 3.68. The van der Waals surface area contributed by atoms with Crippen LogP contribution in [0.1, 0.15) is 22.3 Å². The molecule has 1 aliphatic carbocycles. The molecular formula is C67H38. The second-order valence-electron chi connectivity index (χ2n) is 19.0. The molecule has 1 aliphatic rings. The predicted octanol–water partition coefficient (Wildman–Crippen LogP) is 18.1. The number of hydrogen-bond acceptors (Lipinski definition) is 0. The predicted molar refractivity (Wildman–Crippen MR) is 286 cm³/mol. The zero-order valence-corrected chi connectivity index (χ0v) is 36.4. The first-order chi connectivity index (χ1) is 33.2. The van der Waals surface area contributed by atoms with Crippen molar-refractivity contribution in [3.8, 4) is 33.4 Å². The Morgan fingerprint density at radius 1 is 0.209 bits per heavy atom. The summed E-state index contributed by atoms with van der Waals surface area (Å²) in [6.07, 6.45) is 0. The molecule has 0 unspecified atom stereocenters. The van der Waals surface area contributed by atoms with Gasteiger partial charge in [0.1, 0.15) is 0 Å². The Morgan fingerprint density at radius 2 is 0.552 bits per heavy atom. The Morgan fingerprint density at radius 3 is 1.00 bits per heavy atom. The minimum atomic E-state index is -0.659. The molecule has 306 valence electrons. The first kappa shape index (κ1) is 35.7. The molecule has 0 saturated heterocycles. The molecule has 0 amide bonds. The zero-order valence-electron chi connectivity index (χ0n) is 36.4. The second kappa shape index (κ2) is 12.8. The average molecular weight is 843 g/mol. The minimum absolute atomic E-state index is 0.659. The molecule has 0 spiro atoms. The van der Waals surface area contributed by atoms with E-state index in [2.05, 4.69) is 231 Å². The number of rotatable bonds is 4. The van der Waals surface area contributed by atoms with Crippen LogP contribution in [0.15, 0.2) is 231 Å². The van der Waals surface area contributed by atoms with E-state index in [4.69, 9.17) is 0 Å². The van der Waals surface area contributed by atoms with Gasteiger partial charge in [0.25, 0.3) is 0 Å². The Labute approximate surface area is 386 Å². The van der Waals surface area contributed by atoms with Crippen molar-refractivity contribution in [2.75, 3.05) is 0 Å². The van der Waals surface area contributed by atoms with Gasteiger partial charge in [-0.2, -0.15) is 0 Å². The van der Waals surface area contributed by atoms with E-state index in [-0.39, 0.29) is 0 Å². The third-order valence-corrected chi connectivity index (χ3v) is 16.0. The molecule has 0 N–H and O–H groups in total. The first-order valence-electron chi connectivity index (χ1n) is 23.6. The molecule has 0 radical (unpaired) electrons. The lowest BCUT2D eigenvalue weighted by molar-refractivity contribution is 0.777. The van der Waals surface area contributed by atoms with Gasteiger partial charge in [-0.25, -0.2) is 0 Å². The van der Waals surface area contributed by atoms with Crippen molar-refractivity contribution in [2.45, 2.75) is 5.41 Å². The summed E-state index contributed by atoms with van der Waals surface area (Å²) < 4.78 is 0. The van der Waals surface area contributed by atoms with E-state index in [1.54, 1.807) is 0 Å². The van der Waals surface area contributed by atoms with Crippen LogP contribution in [-0.4, -0.2) is 0 Å². The number of fused-ring (bicyclic) bond motifs is 3. The summed E-state index contributed by atoms with van der Waals surface area (Å²) in [4.78, 5) is 0. The maximum atomic E-state index is 2.56. The van der Waals surface area contributed by atoms with Crippen LogP contribution in [0.25, 0.3) is 130 Å². The highest BCUT2D eigenvalue weighted by molar-refractivity contribution is 6.28. The van der Waals surface area contributed by atoms with Gasteiger partial charge in [0, 0.05) is 0 Å². The molecule has 0 heteroatoms. The van der Waals surface area contributed by atoms with E-state index in [1.165, 1.54) is 153 Å². The Kier molecular flexibility index (Phi) is 6.84. The van der Waals surface area contributed by atoms with Crippen LogP contribution in [0.4, 0.5) is 0 Å².